The van der Waals surface area contributed by atoms with Crippen LogP contribution in [-0.4, -0.2) is 36.9 Å². The van der Waals surface area contributed by atoms with E-state index in [1.807, 2.05) is 0 Å². The van der Waals surface area contributed by atoms with Crippen LogP contribution < -0.4 is 14.2 Å². The third kappa shape index (κ3) is 5.28. The van der Waals surface area contributed by atoms with Crippen LogP contribution in [0, 0.1) is 0 Å². The predicted octanol–water partition coefficient (Wildman–Crippen LogP) is 4.29. The average Bonchev–Trinajstić information content (AvgIpc) is 3.26. The number of carbonyl (C=O) groups is 1. The van der Waals surface area contributed by atoms with Crippen LogP contribution in [0.4, 0.5) is 0 Å². The zero-order valence-corrected chi connectivity index (χ0v) is 17.2. The van der Waals surface area contributed by atoms with E-state index >= 15 is 0 Å². The molecular formula is C22H24N2O6. The summed E-state index contributed by atoms with van der Waals surface area (Å²) in [5.41, 5.74) is 1.10. The Bertz CT molecular complexity index is 968. The summed E-state index contributed by atoms with van der Waals surface area (Å²) in [4.78, 5) is 16.5. The Kier molecular flexibility index (Phi) is 7.26. The number of rotatable bonds is 10. The third-order valence-corrected chi connectivity index (χ3v) is 4.29. The Balaban J connectivity index is 1.58. The molecule has 0 N–H and O–H groups in total. The second-order valence-corrected chi connectivity index (χ2v) is 6.38. The Labute approximate surface area is 174 Å². The zero-order valence-electron chi connectivity index (χ0n) is 17.2. The molecule has 158 valence electrons. The molecule has 30 heavy (non-hydrogen) atoms. The lowest BCUT2D eigenvalue weighted by atomic mass is 10.2. The monoisotopic (exact) mass is 412 g/mol. The number of carbonyl (C=O) groups excluding carboxylic acids is 1. The van der Waals surface area contributed by atoms with Gasteiger partial charge in [-0.2, -0.15) is 4.98 Å². The van der Waals surface area contributed by atoms with Gasteiger partial charge in [0, 0.05) is 5.56 Å². The van der Waals surface area contributed by atoms with E-state index in [1.165, 1.54) is 0 Å². The van der Waals surface area contributed by atoms with Gasteiger partial charge in [-0.15, -0.1) is 0 Å². The molecule has 3 rings (SSSR count). The highest BCUT2D eigenvalue weighted by atomic mass is 16.6. The van der Waals surface area contributed by atoms with Crippen LogP contribution in [0.2, 0.25) is 0 Å². The van der Waals surface area contributed by atoms with Gasteiger partial charge in [-0.05, 0) is 48.9 Å². The molecule has 0 saturated carbocycles. The van der Waals surface area contributed by atoms with Gasteiger partial charge in [0.25, 0.3) is 5.89 Å². The van der Waals surface area contributed by atoms with Crippen LogP contribution >= 0.6 is 0 Å². The number of methoxy groups -OCH3 is 2. The minimum atomic E-state index is -0.485. The molecule has 8 nitrogen and oxygen atoms in total. The highest BCUT2D eigenvalue weighted by Crippen LogP contribution is 2.31. The molecule has 0 spiro atoms. The summed E-state index contributed by atoms with van der Waals surface area (Å²) in [5.74, 6) is 1.93. The Morgan fingerprint density at radius 2 is 1.80 bits per heavy atom. The van der Waals surface area contributed by atoms with Gasteiger partial charge >= 0.3 is 5.97 Å². The van der Waals surface area contributed by atoms with Crippen molar-refractivity contribution in [2.24, 2.45) is 0 Å². The lowest BCUT2D eigenvalue weighted by Gasteiger charge is -2.07. The zero-order chi connectivity index (χ0) is 21.3. The normalized spacial score (nSPS) is 10.5. The standard InChI is InChI=1S/C22H24N2O6/c1-4-5-12-28-17-9-6-15(7-10-17)22(25)29-14-20-23-21(24-30-20)16-8-11-18(26-2)19(13-16)27-3/h6-11,13H,4-5,12,14H2,1-3H3. The fourth-order valence-corrected chi connectivity index (χ4v) is 2.64. The van der Waals surface area contributed by atoms with Crippen LogP contribution in [0.15, 0.2) is 47.0 Å². The molecule has 3 aromatic rings. The molecule has 0 saturated heterocycles. The number of nitrogens with zero attached hydrogens (tertiary/aromatic N) is 2. The van der Waals surface area contributed by atoms with Gasteiger partial charge in [-0.25, -0.2) is 4.79 Å². The summed E-state index contributed by atoms with van der Waals surface area (Å²) in [6.07, 6.45) is 2.05. The van der Waals surface area contributed by atoms with Gasteiger partial charge in [0.2, 0.25) is 5.82 Å². The summed E-state index contributed by atoms with van der Waals surface area (Å²) in [6.45, 7) is 2.62. The molecule has 0 amide bonds. The van der Waals surface area contributed by atoms with Crippen molar-refractivity contribution in [1.82, 2.24) is 10.1 Å². The van der Waals surface area contributed by atoms with Crippen LogP contribution in [0.3, 0.4) is 0 Å². The molecule has 0 unspecified atom stereocenters. The third-order valence-electron chi connectivity index (χ3n) is 4.29. The number of hydrogen-bond acceptors (Lipinski definition) is 8. The van der Waals surface area contributed by atoms with Gasteiger partial charge < -0.3 is 23.5 Å². The second-order valence-electron chi connectivity index (χ2n) is 6.38. The molecule has 0 aliphatic rings. The lowest BCUT2D eigenvalue weighted by molar-refractivity contribution is 0.0430. The molecule has 1 aromatic heterocycles. The van der Waals surface area contributed by atoms with E-state index in [0.29, 0.717) is 35.1 Å². The van der Waals surface area contributed by atoms with E-state index in [0.717, 1.165) is 18.6 Å². The van der Waals surface area contributed by atoms with Gasteiger partial charge in [-0.1, -0.05) is 18.5 Å². The van der Waals surface area contributed by atoms with Crippen molar-refractivity contribution in [3.05, 3.63) is 53.9 Å². The molecule has 0 radical (unpaired) electrons. The molecule has 0 atom stereocenters. The first-order chi connectivity index (χ1) is 14.6. The molecule has 0 aliphatic heterocycles. The summed E-state index contributed by atoms with van der Waals surface area (Å²) in [7, 11) is 3.11. The SMILES string of the molecule is CCCCOc1ccc(C(=O)OCc2nc(-c3ccc(OC)c(OC)c3)no2)cc1. The fourth-order valence-electron chi connectivity index (χ4n) is 2.64. The number of benzene rings is 2. The van der Waals surface area contributed by atoms with Crippen LogP contribution in [0.25, 0.3) is 11.4 Å². The van der Waals surface area contributed by atoms with E-state index < -0.39 is 5.97 Å². The number of unbranched alkanes of at least 4 members (excludes halogenated alkanes) is 1. The summed E-state index contributed by atoms with van der Waals surface area (Å²) in [5, 5.41) is 3.92. The topological polar surface area (TPSA) is 92.9 Å². The molecule has 0 fully saturated rings. The second kappa shape index (κ2) is 10.3. The largest absolute Gasteiger partial charge is 0.494 e. The van der Waals surface area contributed by atoms with Crippen molar-refractivity contribution < 1.29 is 28.3 Å². The Morgan fingerprint density at radius 3 is 2.50 bits per heavy atom. The molecular weight excluding hydrogens is 388 g/mol. The smallest absolute Gasteiger partial charge is 0.338 e. The summed E-state index contributed by atoms with van der Waals surface area (Å²) in [6, 6.07) is 12.1. The Hall–Kier alpha value is -3.55. The van der Waals surface area contributed by atoms with Crippen LogP contribution in [0.1, 0.15) is 36.0 Å². The lowest BCUT2D eigenvalue weighted by Crippen LogP contribution is -2.05. The minimum absolute atomic E-state index is 0.131. The minimum Gasteiger partial charge on any atom is -0.494 e. The molecule has 2 aromatic carbocycles. The molecule has 8 heteroatoms. The van der Waals surface area contributed by atoms with Crippen molar-refractivity contribution in [1.29, 1.82) is 0 Å². The van der Waals surface area contributed by atoms with Crippen LogP contribution in [0.5, 0.6) is 17.2 Å². The average molecular weight is 412 g/mol. The van der Waals surface area contributed by atoms with Gasteiger partial charge in [0.1, 0.15) is 5.75 Å². The van der Waals surface area contributed by atoms with E-state index in [2.05, 4.69) is 17.1 Å². The number of ether oxygens (including phenoxy) is 4. The molecule has 0 aliphatic carbocycles. The first-order valence-electron chi connectivity index (χ1n) is 9.59. The van der Waals surface area contributed by atoms with Crippen molar-refractivity contribution in [2.45, 2.75) is 26.4 Å². The highest BCUT2D eigenvalue weighted by Gasteiger charge is 2.14. The maximum Gasteiger partial charge on any atom is 0.338 e. The quantitative estimate of drug-likeness (QED) is 0.360. The van der Waals surface area contributed by atoms with Gasteiger partial charge in [-0.3, -0.25) is 0 Å². The molecule has 1 heterocycles. The van der Waals surface area contributed by atoms with E-state index in [-0.39, 0.29) is 12.5 Å². The first kappa shape index (κ1) is 21.2. The fraction of sp³-hybridized carbons (Fsp3) is 0.318. The van der Waals surface area contributed by atoms with Gasteiger partial charge in [0.15, 0.2) is 18.1 Å². The van der Waals surface area contributed by atoms with Crippen molar-refractivity contribution in [2.75, 3.05) is 20.8 Å². The van der Waals surface area contributed by atoms with E-state index in [9.17, 15) is 4.79 Å². The summed E-state index contributed by atoms with van der Waals surface area (Å²) >= 11 is 0. The van der Waals surface area contributed by atoms with E-state index in [4.69, 9.17) is 23.5 Å². The first-order valence-corrected chi connectivity index (χ1v) is 9.59. The van der Waals surface area contributed by atoms with Crippen molar-refractivity contribution >= 4 is 5.97 Å². The highest BCUT2D eigenvalue weighted by molar-refractivity contribution is 5.89. The number of hydrogen-bond donors (Lipinski definition) is 0. The van der Waals surface area contributed by atoms with Gasteiger partial charge in [0.05, 0.1) is 26.4 Å². The van der Waals surface area contributed by atoms with Crippen LogP contribution in [-0.2, 0) is 11.3 Å². The predicted molar refractivity (Wildman–Crippen MR) is 109 cm³/mol. The van der Waals surface area contributed by atoms with Crippen molar-refractivity contribution in [3.8, 4) is 28.6 Å². The Morgan fingerprint density at radius 1 is 1.03 bits per heavy atom. The maximum absolute atomic E-state index is 12.2. The number of aromatic nitrogens is 2. The number of esters is 1. The summed E-state index contributed by atoms with van der Waals surface area (Å²) < 4.78 is 26.5. The maximum atomic E-state index is 12.2. The van der Waals surface area contributed by atoms with Crippen molar-refractivity contribution in [3.63, 3.8) is 0 Å². The molecule has 0 bridgehead atoms. The van der Waals surface area contributed by atoms with E-state index in [1.54, 1.807) is 56.7 Å².